The number of aromatic carboxylic acids is 2. The van der Waals surface area contributed by atoms with E-state index in [1.54, 1.807) is 0 Å². The van der Waals surface area contributed by atoms with Crippen molar-refractivity contribution in [2.45, 2.75) is 0 Å². The van der Waals surface area contributed by atoms with E-state index >= 15 is 0 Å². The van der Waals surface area contributed by atoms with Gasteiger partial charge in [0, 0.05) is 6.07 Å². The summed E-state index contributed by atoms with van der Waals surface area (Å²) in [5.41, 5.74) is -2.61. The molecule has 0 saturated heterocycles. The number of hydrogen-bond donors (Lipinski definition) is 2. The number of benzene rings is 1. The van der Waals surface area contributed by atoms with Gasteiger partial charge < -0.3 is 10.2 Å². The Kier molecular flexibility index (Phi) is 3.90. The summed E-state index contributed by atoms with van der Waals surface area (Å²) in [5.74, 6) is -3.34. The fourth-order valence-corrected chi connectivity index (χ4v) is 2.85. The van der Waals surface area contributed by atoms with Crippen LogP contribution in [0.25, 0.3) is 0 Å². The third-order valence-corrected chi connectivity index (χ3v) is 3.90. The van der Waals surface area contributed by atoms with Crippen LogP contribution in [-0.2, 0) is 6.14 Å². The highest BCUT2D eigenvalue weighted by Gasteiger charge is 2.28. The molecule has 1 aromatic carbocycles. The monoisotopic (exact) mass is 369 g/mol. The van der Waals surface area contributed by atoms with Gasteiger partial charge in [-0.15, -0.1) is 0 Å². The highest BCUT2D eigenvalue weighted by Crippen LogP contribution is 2.32. The maximum Gasteiger partial charge on any atom is 0.348 e. The average molecular weight is 369 g/mol. The summed E-state index contributed by atoms with van der Waals surface area (Å²) < 4.78 is 21.0. The van der Waals surface area contributed by atoms with Crippen LogP contribution in [0.3, 0.4) is 0 Å². The predicted molar refractivity (Wildman–Crippen MR) is 61.1 cm³/mol. The zero-order valence-electron chi connectivity index (χ0n) is 8.32. The van der Waals surface area contributed by atoms with E-state index < -0.39 is 57.0 Å². The molecule has 0 radical (unpaired) electrons. The molecule has 0 amide bonds. The van der Waals surface area contributed by atoms with E-state index in [0.29, 0.717) is 12.1 Å². The zero-order valence-corrected chi connectivity index (χ0v) is 10.5. The van der Waals surface area contributed by atoms with Gasteiger partial charge in [0.25, 0.3) is 5.69 Å². The Hall–Kier alpha value is -2.11. The van der Waals surface area contributed by atoms with Crippen LogP contribution < -0.4 is 0 Å². The predicted octanol–water partition coefficient (Wildman–Crippen LogP) is 1.36. The van der Waals surface area contributed by atoms with Crippen LogP contribution in [0.1, 0.15) is 20.7 Å². The van der Waals surface area contributed by atoms with Crippen molar-refractivity contribution in [1.82, 2.24) is 0 Å². The second-order valence-corrected chi connectivity index (χ2v) is 5.26. The van der Waals surface area contributed by atoms with Gasteiger partial charge in [-0.05, 0) is 6.07 Å². The molecule has 2 N–H and O–H groups in total. The summed E-state index contributed by atoms with van der Waals surface area (Å²) in [6, 6.07) is 1.09. The fourth-order valence-electron chi connectivity index (χ4n) is 1.18. The molecule has 96 valence electrons. The van der Waals surface area contributed by atoms with Crippen molar-refractivity contribution < 1.29 is 30.9 Å². The van der Waals surface area contributed by atoms with Crippen molar-refractivity contribution in [2.24, 2.45) is 0 Å². The van der Waals surface area contributed by atoms with Crippen LogP contribution in [0.2, 0.25) is 0 Å². The molecular formula is C8H4INO8. The summed E-state index contributed by atoms with van der Waals surface area (Å²) in [7, 11) is 0. The molecule has 0 saturated carbocycles. The smallest absolute Gasteiger partial charge is 0.348 e. The number of carbonyl (C=O) groups is 2. The Morgan fingerprint density at radius 3 is 2.06 bits per heavy atom. The van der Waals surface area contributed by atoms with Crippen LogP contribution in [-0.4, -0.2) is 27.1 Å². The number of nitro benzene ring substituents is 1. The number of nitrogens with zero attached hydrogens (tertiary/aromatic N) is 1. The first-order valence-corrected chi connectivity index (χ1v) is 6.94. The summed E-state index contributed by atoms with van der Waals surface area (Å²) in [4.78, 5) is 31.0. The Bertz CT molecular complexity index is 589. The van der Waals surface area contributed by atoms with E-state index in [1.807, 2.05) is 0 Å². The number of hydrogen-bond acceptors (Lipinski definition) is 6. The Morgan fingerprint density at radius 1 is 1.17 bits per heavy atom. The molecular weight excluding hydrogens is 365 g/mol. The van der Waals surface area contributed by atoms with Crippen LogP contribution in [0.4, 0.5) is 5.69 Å². The van der Waals surface area contributed by atoms with E-state index in [0.717, 1.165) is 0 Å². The van der Waals surface area contributed by atoms with Gasteiger partial charge in [-0.1, -0.05) is 0 Å². The van der Waals surface area contributed by atoms with Crippen molar-refractivity contribution in [3.63, 3.8) is 0 Å². The van der Waals surface area contributed by atoms with Gasteiger partial charge in [0.1, 0.15) is 0 Å². The van der Waals surface area contributed by atoms with E-state index in [4.69, 9.17) is 10.2 Å². The van der Waals surface area contributed by atoms with E-state index in [1.165, 1.54) is 0 Å². The minimum absolute atomic E-state index is 0.518. The topological polar surface area (TPSA) is 152 Å². The summed E-state index contributed by atoms with van der Waals surface area (Å²) in [5, 5.41) is 28.1. The largest absolute Gasteiger partial charge is 0.478 e. The van der Waals surface area contributed by atoms with E-state index in [9.17, 15) is 25.8 Å². The van der Waals surface area contributed by atoms with Crippen molar-refractivity contribution in [3.05, 3.63) is 36.9 Å². The van der Waals surface area contributed by atoms with Crippen LogP contribution in [0.15, 0.2) is 12.1 Å². The number of rotatable bonds is 4. The zero-order chi connectivity index (χ0) is 14.0. The lowest BCUT2D eigenvalue weighted by Gasteiger charge is -2.02. The highest BCUT2D eigenvalue weighted by atomic mass is 127. The Labute approximate surface area is 105 Å². The van der Waals surface area contributed by atoms with Gasteiger partial charge in [0.05, 0.1) is 16.1 Å². The number of carboxylic acids is 2. The lowest BCUT2D eigenvalue weighted by atomic mass is 10.1. The first-order chi connectivity index (χ1) is 8.25. The maximum atomic E-state index is 10.9. The second-order valence-electron chi connectivity index (χ2n) is 2.94. The molecule has 0 aliphatic heterocycles. The first kappa shape index (κ1) is 14.0. The molecule has 0 fully saturated rings. The maximum absolute atomic E-state index is 10.9. The van der Waals surface area contributed by atoms with E-state index in [-0.39, 0.29) is 0 Å². The molecule has 0 unspecified atom stereocenters. The molecule has 1 rings (SSSR count). The Morgan fingerprint density at radius 2 is 1.72 bits per heavy atom. The van der Waals surface area contributed by atoms with Crippen molar-refractivity contribution >= 4 is 37.4 Å². The van der Waals surface area contributed by atoms with E-state index in [2.05, 4.69) is 0 Å². The molecule has 10 heteroatoms. The van der Waals surface area contributed by atoms with Crippen LogP contribution >= 0.6 is 19.8 Å². The number of carboxylic acid groups (broad SMARTS) is 2. The molecule has 0 bridgehead atoms. The fraction of sp³-hybridized carbons (Fsp3) is 0. The van der Waals surface area contributed by atoms with Gasteiger partial charge in [-0.3, -0.25) is 10.1 Å². The standard InChI is InChI=1S/C8H4INO8/c11-7(12)3-1-4(8(13)14)6(9(15)16)5(2-3)10(17)18/h1-2H,(H,11,12)(H,13,14). The second kappa shape index (κ2) is 5.03. The van der Waals surface area contributed by atoms with Crippen LogP contribution in [0, 0.1) is 13.7 Å². The third-order valence-electron chi connectivity index (χ3n) is 1.88. The van der Waals surface area contributed by atoms with Gasteiger partial charge >= 0.3 is 31.7 Å². The normalized spacial score (nSPS) is 10.3. The molecule has 0 spiro atoms. The summed E-state index contributed by atoms with van der Waals surface area (Å²) in [6.45, 7) is 0. The summed E-state index contributed by atoms with van der Waals surface area (Å²) in [6.07, 6.45) is 0. The molecule has 9 nitrogen and oxygen atoms in total. The van der Waals surface area contributed by atoms with Gasteiger partial charge in [-0.2, -0.15) is 0 Å². The number of nitro groups is 1. The molecule has 0 aromatic heterocycles. The molecule has 0 heterocycles. The third kappa shape index (κ3) is 2.58. The van der Waals surface area contributed by atoms with Gasteiger partial charge in [0.2, 0.25) is 0 Å². The summed E-state index contributed by atoms with van der Waals surface area (Å²) >= 11 is -4.46. The average Bonchev–Trinajstić information content (AvgIpc) is 2.26. The Balaban J connectivity index is 3.82. The van der Waals surface area contributed by atoms with Crippen molar-refractivity contribution in [1.29, 1.82) is 0 Å². The lowest BCUT2D eigenvalue weighted by Crippen LogP contribution is -2.08. The minimum Gasteiger partial charge on any atom is -0.478 e. The lowest BCUT2D eigenvalue weighted by molar-refractivity contribution is -0.385. The molecule has 0 aliphatic rings. The SMILES string of the molecule is O=C(O)c1cc(C(=O)O)c(I(=O)=O)c([N+](=O)[O-])c1. The van der Waals surface area contributed by atoms with Crippen LogP contribution in [0.5, 0.6) is 0 Å². The molecule has 18 heavy (non-hydrogen) atoms. The molecule has 1 aromatic rings. The molecule has 0 atom stereocenters. The van der Waals surface area contributed by atoms with Crippen molar-refractivity contribution in [2.75, 3.05) is 0 Å². The number of halogens is 1. The molecule has 0 aliphatic carbocycles. The van der Waals surface area contributed by atoms with Gasteiger partial charge in [-0.25, -0.2) is 15.7 Å². The minimum atomic E-state index is -4.46. The first-order valence-electron chi connectivity index (χ1n) is 4.10. The quantitative estimate of drug-likeness (QED) is 0.458. The van der Waals surface area contributed by atoms with Gasteiger partial charge in [0.15, 0.2) is 3.57 Å². The van der Waals surface area contributed by atoms with Crippen molar-refractivity contribution in [3.8, 4) is 0 Å². The highest BCUT2D eigenvalue weighted by molar-refractivity contribution is 14.2.